The molecule has 0 aliphatic carbocycles. The number of H-pyrrole nitrogens is 1. The highest BCUT2D eigenvalue weighted by molar-refractivity contribution is 6.36. The maximum absolute atomic E-state index is 11.7. The number of amides is 1. The SMILES string of the molecule is Cc1nc2nc(-c3nn[nH]n3)cn2c(-c2ccc(Cl)cc2Cl)c1C(NC(=O)O)C(C)(C)C. The van der Waals surface area contributed by atoms with Crippen LogP contribution >= 0.6 is 23.2 Å². The van der Waals surface area contributed by atoms with E-state index in [0.29, 0.717) is 49.9 Å². The quantitative estimate of drug-likeness (QED) is 0.394. The topological polar surface area (TPSA) is 134 Å². The first-order valence-electron chi connectivity index (χ1n) is 9.64. The molecule has 0 aliphatic heterocycles. The van der Waals surface area contributed by atoms with Crippen LogP contribution in [0.15, 0.2) is 24.4 Å². The van der Waals surface area contributed by atoms with Crippen LogP contribution in [0.5, 0.6) is 0 Å². The fourth-order valence-electron chi connectivity index (χ4n) is 3.65. The number of imidazole rings is 1. The number of rotatable bonds is 4. The van der Waals surface area contributed by atoms with Gasteiger partial charge in [-0.2, -0.15) is 5.21 Å². The molecule has 0 aliphatic rings. The third kappa shape index (κ3) is 3.98. The lowest BCUT2D eigenvalue weighted by atomic mass is 9.80. The summed E-state index contributed by atoms with van der Waals surface area (Å²) in [6, 6.07) is 4.55. The van der Waals surface area contributed by atoms with Gasteiger partial charge in [-0.3, -0.25) is 4.40 Å². The van der Waals surface area contributed by atoms with Gasteiger partial charge in [-0.25, -0.2) is 14.8 Å². The Balaban J connectivity index is 2.10. The van der Waals surface area contributed by atoms with E-state index in [4.69, 9.17) is 23.2 Å². The number of aryl methyl sites for hydroxylation is 1. The van der Waals surface area contributed by atoms with Crippen molar-refractivity contribution in [3.05, 3.63) is 45.7 Å². The molecule has 3 aromatic heterocycles. The van der Waals surface area contributed by atoms with E-state index in [1.165, 1.54) is 0 Å². The first kappa shape index (κ1) is 22.0. The lowest BCUT2D eigenvalue weighted by molar-refractivity contribution is 0.174. The van der Waals surface area contributed by atoms with Gasteiger partial charge in [0.1, 0.15) is 5.69 Å². The Morgan fingerprint density at radius 3 is 2.59 bits per heavy atom. The number of nitrogens with zero attached hydrogens (tertiary/aromatic N) is 6. The van der Waals surface area contributed by atoms with Gasteiger partial charge in [0.2, 0.25) is 11.6 Å². The highest BCUT2D eigenvalue weighted by Gasteiger charge is 2.34. The van der Waals surface area contributed by atoms with Gasteiger partial charge in [-0.05, 0) is 35.8 Å². The van der Waals surface area contributed by atoms with Gasteiger partial charge in [0.05, 0.1) is 16.8 Å². The number of carboxylic acid groups (broad SMARTS) is 1. The van der Waals surface area contributed by atoms with Gasteiger partial charge in [0.15, 0.2) is 0 Å². The van der Waals surface area contributed by atoms with Crippen LogP contribution in [0.3, 0.4) is 0 Å². The lowest BCUT2D eigenvalue weighted by Crippen LogP contribution is -2.37. The molecule has 3 N–H and O–H groups in total. The first-order chi connectivity index (χ1) is 15.1. The molecule has 0 fully saturated rings. The van der Waals surface area contributed by atoms with Crippen molar-refractivity contribution in [3.8, 4) is 22.8 Å². The maximum atomic E-state index is 11.7. The second-order valence-electron chi connectivity index (χ2n) is 8.36. The summed E-state index contributed by atoms with van der Waals surface area (Å²) in [5.41, 5.74) is 2.55. The monoisotopic (exact) mass is 474 g/mol. The van der Waals surface area contributed by atoms with E-state index < -0.39 is 17.6 Å². The summed E-state index contributed by atoms with van der Waals surface area (Å²) in [6.45, 7) is 7.66. The number of tetrazole rings is 1. The molecule has 1 amide bonds. The second-order valence-corrected chi connectivity index (χ2v) is 9.21. The fourth-order valence-corrected chi connectivity index (χ4v) is 4.15. The highest BCUT2D eigenvalue weighted by atomic mass is 35.5. The number of fused-ring (bicyclic) bond motifs is 1. The summed E-state index contributed by atoms with van der Waals surface area (Å²) in [4.78, 5) is 20.9. The van der Waals surface area contributed by atoms with Crippen molar-refractivity contribution < 1.29 is 9.90 Å². The molecule has 0 spiro atoms. The average molecular weight is 475 g/mol. The van der Waals surface area contributed by atoms with Gasteiger partial charge in [0.25, 0.3) is 0 Å². The van der Waals surface area contributed by atoms with Gasteiger partial charge >= 0.3 is 6.09 Å². The van der Waals surface area contributed by atoms with Crippen LogP contribution in [-0.4, -0.2) is 46.2 Å². The summed E-state index contributed by atoms with van der Waals surface area (Å²) >= 11 is 12.7. The van der Waals surface area contributed by atoms with Crippen molar-refractivity contribution in [2.24, 2.45) is 5.41 Å². The normalized spacial score (nSPS) is 12.8. The van der Waals surface area contributed by atoms with E-state index in [1.54, 1.807) is 28.8 Å². The number of benzene rings is 1. The predicted molar refractivity (Wildman–Crippen MR) is 120 cm³/mol. The number of aromatic amines is 1. The summed E-state index contributed by atoms with van der Waals surface area (Å²) in [6.07, 6.45) is 0.576. The molecule has 1 unspecified atom stereocenters. The molecule has 0 radical (unpaired) electrons. The van der Waals surface area contributed by atoms with Crippen molar-refractivity contribution in [1.82, 2.24) is 40.3 Å². The summed E-state index contributed by atoms with van der Waals surface area (Å²) < 4.78 is 1.76. The predicted octanol–water partition coefficient (Wildman–Crippen LogP) is 4.55. The molecule has 12 heteroatoms. The van der Waals surface area contributed by atoms with E-state index in [9.17, 15) is 9.90 Å². The van der Waals surface area contributed by atoms with Crippen LogP contribution in [-0.2, 0) is 0 Å². The Morgan fingerprint density at radius 1 is 1.25 bits per heavy atom. The van der Waals surface area contributed by atoms with Crippen LogP contribution in [0.1, 0.15) is 38.1 Å². The molecule has 0 saturated heterocycles. The van der Waals surface area contributed by atoms with Crippen molar-refractivity contribution in [2.75, 3.05) is 0 Å². The molecule has 32 heavy (non-hydrogen) atoms. The number of halogens is 2. The lowest BCUT2D eigenvalue weighted by Gasteiger charge is -2.33. The number of hydrogen-bond acceptors (Lipinski definition) is 6. The molecule has 0 bridgehead atoms. The summed E-state index contributed by atoms with van der Waals surface area (Å²) in [7, 11) is 0. The van der Waals surface area contributed by atoms with Crippen LogP contribution < -0.4 is 5.32 Å². The Morgan fingerprint density at radius 2 is 2.00 bits per heavy atom. The van der Waals surface area contributed by atoms with Crippen LogP contribution in [0.4, 0.5) is 4.79 Å². The Labute approximate surface area is 193 Å². The van der Waals surface area contributed by atoms with E-state index in [2.05, 4.69) is 35.9 Å². The van der Waals surface area contributed by atoms with Crippen molar-refractivity contribution in [2.45, 2.75) is 33.7 Å². The maximum Gasteiger partial charge on any atom is 0.405 e. The fraction of sp³-hybridized carbons (Fsp3) is 0.300. The Bertz CT molecular complexity index is 1310. The molecular weight excluding hydrogens is 455 g/mol. The zero-order chi connectivity index (χ0) is 23.2. The van der Waals surface area contributed by atoms with Crippen molar-refractivity contribution in [3.63, 3.8) is 0 Å². The van der Waals surface area contributed by atoms with E-state index in [-0.39, 0.29) is 0 Å². The molecular formula is C20H20Cl2N8O2. The molecule has 166 valence electrons. The van der Waals surface area contributed by atoms with Crippen LogP contribution in [0.2, 0.25) is 10.0 Å². The molecule has 10 nitrogen and oxygen atoms in total. The average Bonchev–Trinajstić information content (AvgIpc) is 3.34. The molecule has 4 rings (SSSR count). The molecule has 1 atom stereocenters. The molecule has 3 heterocycles. The third-order valence-electron chi connectivity index (χ3n) is 5.02. The van der Waals surface area contributed by atoms with Gasteiger partial charge < -0.3 is 10.4 Å². The van der Waals surface area contributed by atoms with Crippen LogP contribution in [0, 0.1) is 12.3 Å². The second kappa shape index (κ2) is 8.03. The van der Waals surface area contributed by atoms with Crippen molar-refractivity contribution in [1.29, 1.82) is 0 Å². The Hall–Kier alpha value is -3.24. The molecule has 1 aromatic carbocycles. The minimum atomic E-state index is -1.14. The number of hydrogen-bond donors (Lipinski definition) is 3. The molecule has 4 aromatic rings. The van der Waals surface area contributed by atoms with E-state index in [1.807, 2.05) is 27.7 Å². The van der Waals surface area contributed by atoms with Crippen molar-refractivity contribution >= 4 is 35.1 Å². The van der Waals surface area contributed by atoms with Crippen LogP contribution in [0.25, 0.3) is 28.6 Å². The first-order valence-corrected chi connectivity index (χ1v) is 10.4. The van der Waals surface area contributed by atoms with E-state index >= 15 is 0 Å². The standard InChI is InChI=1S/C20H20Cl2N8O2/c1-9-14(16(20(2,3)4)25-19(31)32)15(11-6-5-10(21)7-12(11)22)30-8-13(24-18(30)23-9)17-26-28-29-27-17/h5-8,16,25H,1-4H3,(H,31,32)(H,26,27,28,29). The largest absolute Gasteiger partial charge is 0.465 e. The van der Waals surface area contributed by atoms with Gasteiger partial charge in [-0.1, -0.05) is 44.0 Å². The zero-order valence-electron chi connectivity index (χ0n) is 17.7. The van der Waals surface area contributed by atoms with E-state index in [0.717, 1.165) is 0 Å². The number of aromatic nitrogens is 7. The minimum Gasteiger partial charge on any atom is -0.465 e. The Kier molecular flexibility index (Phi) is 5.51. The summed E-state index contributed by atoms with van der Waals surface area (Å²) in [5.74, 6) is 0.689. The highest BCUT2D eigenvalue weighted by Crippen LogP contribution is 2.42. The van der Waals surface area contributed by atoms with Gasteiger partial charge in [-0.15, -0.1) is 10.2 Å². The number of carbonyl (C=O) groups is 1. The summed E-state index contributed by atoms with van der Waals surface area (Å²) in [5, 5.41) is 27.1. The number of nitrogens with one attached hydrogen (secondary N) is 2. The minimum absolute atomic E-state index is 0.305. The molecule has 0 saturated carbocycles. The third-order valence-corrected chi connectivity index (χ3v) is 5.57. The zero-order valence-corrected chi connectivity index (χ0v) is 19.2. The smallest absolute Gasteiger partial charge is 0.405 e. The van der Waals surface area contributed by atoms with Gasteiger partial charge in [0, 0.05) is 28.0 Å².